The van der Waals surface area contributed by atoms with Crippen LogP contribution in [0.15, 0.2) is 36.5 Å². The monoisotopic (exact) mass is 374 g/mol. The van der Waals surface area contributed by atoms with Crippen molar-refractivity contribution in [2.24, 2.45) is 0 Å². The predicted octanol–water partition coefficient (Wildman–Crippen LogP) is 2.85. The largest absolute Gasteiger partial charge is 0.379 e. The lowest BCUT2D eigenvalue weighted by Crippen LogP contribution is -2.41. The summed E-state index contributed by atoms with van der Waals surface area (Å²) >= 11 is 6.13. The number of rotatable bonds is 6. The van der Waals surface area contributed by atoms with E-state index in [1.807, 2.05) is 31.2 Å². The Morgan fingerprint density at radius 1 is 1.27 bits per heavy atom. The molecular formula is C19H23ClN4O2. The second kappa shape index (κ2) is 8.98. The summed E-state index contributed by atoms with van der Waals surface area (Å²) in [5, 5.41) is 6.89. The molecule has 0 spiro atoms. The molecule has 0 atom stereocenters. The molecule has 26 heavy (non-hydrogen) atoms. The van der Waals surface area contributed by atoms with Crippen LogP contribution in [-0.2, 0) is 4.74 Å². The maximum absolute atomic E-state index is 12.2. The molecule has 1 saturated heterocycles. The highest BCUT2D eigenvalue weighted by atomic mass is 35.5. The van der Waals surface area contributed by atoms with Crippen molar-refractivity contribution < 1.29 is 9.53 Å². The third-order valence-corrected chi connectivity index (χ3v) is 4.77. The van der Waals surface area contributed by atoms with Gasteiger partial charge in [0, 0.05) is 36.9 Å². The SMILES string of the molecule is Cc1c(Cl)cccc1Nc1ccc(C(=O)NCCN2CCOCC2)nc1. The summed E-state index contributed by atoms with van der Waals surface area (Å²) in [6.07, 6.45) is 1.65. The fraction of sp³-hybridized carbons (Fsp3) is 0.368. The third kappa shape index (κ3) is 4.94. The van der Waals surface area contributed by atoms with Gasteiger partial charge >= 0.3 is 0 Å². The van der Waals surface area contributed by atoms with E-state index in [4.69, 9.17) is 16.3 Å². The summed E-state index contributed by atoms with van der Waals surface area (Å²) < 4.78 is 5.31. The van der Waals surface area contributed by atoms with Crippen molar-refractivity contribution in [1.82, 2.24) is 15.2 Å². The van der Waals surface area contributed by atoms with Crippen molar-refractivity contribution in [1.29, 1.82) is 0 Å². The summed E-state index contributed by atoms with van der Waals surface area (Å²) in [5.41, 5.74) is 3.10. The van der Waals surface area contributed by atoms with E-state index >= 15 is 0 Å². The molecule has 1 aromatic heterocycles. The van der Waals surface area contributed by atoms with Gasteiger partial charge in [0.05, 0.1) is 25.1 Å². The Morgan fingerprint density at radius 2 is 2.08 bits per heavy atom. The molecule has 138 valence electrons. The van der Waals surface area contributed by atoms with E-state index in [0.717, 1.165) is 49.8 Å². The van der Waals surface area contributed by atoms with Crippen LogP contribution in [0.4, 0.5) is 11.4 Å². The Labute approximate surface area is 158 Å². The van der Waals surface area contributed by atoms with Crippen LogP contribution in [0.2, 0.25) is 5.02 Å². The number of ether oxygens (including phenoxy) is 1. The normalized spacial score (nSPS) is 14.8. The van der Waals surface area contributed by atoms with Gasteiger partial charge in [-0.05, 0) is 36.8 Å². The molecule has 2 aromatic rings. The Bertz CT molecular complexity index is 746. The molecule has 7 heteroatoms. The summed E-state index contributed by atoms with van der Waals surface area (Å²) in [7, 11) is 0. The Hall–Kier alpha value is -2.15. The molecule has 1 aromatic carbocycles. The maximum atomic E-state index is 12.2. The zero-order chi connectivity index (χ0) is 18.4. The van der Waals surface area contributed by atoms with E-state index in [-0.39, 0.29) is 5.91 Å². The highest BCUT2D eigenvalue weighted by molar-refractivity contribution is 6.31. The Morgan fingerprint density at radius 3 is 2.81 bits per heavy atom. The fourth-order valence-electron chi connectivity index (χ4n) is 2.74. The standard InChI is InChI=1S/C19H23ClN4O2/c1-14-16(20)3-2-4-17(14)23-15-5-6-18(22-13-15)19(25)21-7-8-24-9-11-26-12-10-24/h2-6,13,23H,7-12H2,1H3,(H,21,25). The van der Waals surface area contributed by atoms with Crippen molar-refractivity contribution in [3.05, 3.63) is 52.8 Å². The summed E-state index contributed by atoms with van der Waals surface area (Å²) in [6.45, 7) is 6.72. The Balaban J connectivity index is 1.51. The summed E-state index contributed by atoms with van der Waals surface area (Å²) in [5.74, 6) is -0.163. The van der Waals surface area contributed by atoms with Crippen LogP contribution in [0.5, 0.6) is 0 Å². The van der Waals surface area contributed by atoms with E-state index in [1.165, 1.54) is 0 Å². The van der Waals surface area contributed by atoms with Gasteiger partial charge in [0.1, 0.15) is 5.69 Å². The zero-order valence-corrected chi connectivity index (χ0v) is 15.6. The smallest absolute Gasteiger partial charge is 0.269 e. The molecule has 2 heterocycles. The van der Waals surface area contributed by atoms with Gasteiger partial charge in [-0.15, -0.1) is 0 Å². The lowest BCUT2D eigenvalue weighted by atomic mass is 10.2. The predicted molar refractivity (Wildman–Crippen MR) is 103 cm³/mol. The first-order valence-corrected chi connectivity index (χ1v) is 9.08. The van der Waals surface area contributed by atoms with Gasteiger partial charge in [-0.1, -0.05) is 17.7 Å². The first-order valence-electron chi connectivity index (χ1n) is 8.70. The third-order valence-electron chi connectivity index (χ3n) is 4.36. The molecule has 0 radical (unpaired) electrons. The van der Waals surface area contributed by atoms with Crippen LogP contribution in [0, 0.1) is 6.92 Å². The number of hydrogen-bond acceptors (Lipinski definition) is 5. The molecule has 1 amide bonds. The van der Waals surface area contributed by atoms with Crippen molar-refractivity contribution in [2.45, 2.75) is 6.92 Å². The molecule has 0 bridgehead atoms. The van der Waals surface area contributed by atoms with Gasteiger partial charge in [0.15, 0.2) is 0 Å². The number of carbonyl (C=O) groups is 1. The van der Waals surface area contributed by atoms with Gasteiger partial charge in [-0.25, -0.2) is 4.98 Å². The Kier molecular flexibility index (Phi) is 6.44. The molecule has 0 aliphatic carbocycles. The second-order valence-corrected chi connectivity index (χ2v) is 6.59. The highest BCUT2D eigenvalue weighted by Gasteiger charge is 2.11. The number of amides is 1. The minimum atomic E-state index is -0.163. The molecule has 1 fully saturated rings. The van der Waals surface area contributed by atoms with Gasteiger partial charge < -0.3 is 15.4 Å². The van der Waals surface area contributed by atoms with Crippen LogP contribution in [-0.4, -0.2) is 55.2 Å². The fourth-order valence-corrected chi connectivity index (χ4v) is 2.92. The topological polar surface area (TPSA) is 66.5 Å². The number of hydrogen-bond donors (Lipinski definition) is 2. The molecule has 0 saturated carbocycles. The lowest BCUT2D eigenvalue weighted by Gasteiger charge is -2.26. The number of nitrogens with zero attached hydrogens (tertiary/aromatic N) is 2. The first-order chi connectivity index (χ1) is 12.6. The molecule has 6 nitrogen and oxygen atoms in total. The molecular weight excluding hydrogens is 352 g/mol. The number of nitrogens with one attached hydrogen (secondary N) is 2. The van der Waals surface area contributed by atoms with Crippen molar-refractivity contribution in [3.8, 4) is 0 Å². The molecule has 2 N–H and O–H groups in total. The van der Waals surface area contributed by atoms with Gasteiger partial charge in [0.2, 0.25) is 0 Å². The number of morpholine rings is 1. The number of anilines is 2. The van der Waals surface area contributed by atoms with Crippen LogP contribution >= 0.6 is 11.6 Å². The minimum absolute atomic E-state index is 0.163. The maximum Gasteiger partial charge on any atom is 0.269 e. The molecule has 3 rings (SSSR count). The van der Waals surface area contributed by atoms with E-state index in [2.05, 4.69) is 20.5 Å². The second-order valence-electron chi connectivity index (χ2n) is 6.18. The first kappa shape index (κ1) is 18.6. The average molecular weight is 375 g/mol. The molecule has 1 aliphatic heterocycles. The summed E-state index contributed by atoms with van der Waals surface area (Å²) in [4.78, 5) is 18.7. The van der Waals surface area contributed by atoms with E-state index in [0.29, 0.717) is 17.3 Å². The quantitative estimate of drug-likeness (QED) is 0.813. The van der Waals surface area contributed by atoms with Crippen molar-refractivity contribution in [3.63, 3.8) is 0 Å². The van der Waals surface area contributed by atoms with Crippen LogP contribution in [0.1, 0.15) is 16.1 Å². The number of halogens is 1. The van der Waals surface area contributed by atoms with Gasteiger partial charge in [-0.3, -0.25) is 9.69 Å². The van der Waals surface area contributed by atoms with Crippen molar-refractivity contribution >= 4 is 28.9 Å². The zero-order valence-electron chi connectivity index (χ0n) is 14.8. The lowest BCUT2D eigenvalue weighted by molar-refractivity contribution is 0.0383. The van der Waals surface area contributed by atoms with Crippen molar-refractivity contribution in [2.75, 3.05) is 44.7 Å². The van der Waals surface area contributed by atoms with Gasteiger partial charge in [0.25, 0.3) is 5.91 Å². The van der Waals surface area contributed by atoms with Crippen LogP contribution < -0.4 is 10.6 Å². The number of benzene rings is 1. The number of carbonyl (C=O) groups excluding carboxylic acids is 1. The average Bonchev–Trinajstić information content (AvgIpc) is 2.67. The summed E-state index contributed by atoms with van der Waals surface area (Å²) in [6, 6.07) is 9.25. The van der Waals surface area contributed by atoms with E-state index in [9.17, 15) is 4.79 Å². The van der Waals surface area contributed by atoms with E-state index < -0.39 is 0 Å². The van der Waals surface area contributed by atoms with Crippen LogP contribution in [0.3, 0.4) is 0 Å². The number of pyridine rings is 1. The van der Waals surface area contributed by atoms with E-state index in [1.54, 1.807) is 12.3 Å². The molecule has 1 aliphatic rings. The molecule has 0 unspecified atom stereocenters. The number of aromatic nitrogens is 1. The highest BCUT2D eigenvalue weighted by Crippen LogP contribution is 2.25. The minimum Gasteiger partial charge on any atom is -0.379 e. The van der Waals surface area contributed by atoms with Crippen LogP contribution in [0.25, 0.3) is 0 Å². The van der Waals surface area contributed by atoms with Gasteiger partial charge in [-0.2, -0.15) is 0 Å².